The van der Waals surface area contributed by atoms with Gasteiger partial charge in [-0.05, 0) is 74.0 Å². The SMILES string of the molecule is CCN(CC)c1ccc(NC2=C(c3ccc(OC)cc3)C(=O)N(c3cccc(F)c3)C2=O)cc1. The number of nitrogens with zero attached hydrogens (tertiary/aromatic N) is 2. The van der Waals surface area contributed by atoms with Gasteiger partial charge < -0.3 is 15.0 Å². The van der Waals surface area contributed by atoms with Gasteiger partial charge >= 0.3 is 0 Å². The fourth-order valence-corrected chi connectivity index (χ4v) is 4.01. The van der Waals surface area contributed by atoms with E-state index in [1.165, 1.54) is 24.3 Å². The monoisotopic (exact) mass is 459 g/mol. The number of anilines is 3. The quantitative estimate of drug-likeness (QED) is 0.476. The van der Waals surface area contributed by atoms with Crippen LogP contribution < -0.4 is 19.9 Å². The van der Waals surface area contributed by atoms with E-state index in [4.69, 9.17) is 4.74 Å². The molecule has 0 fully saturated rings. The largest absolute Gasteiger partial charge is 0.497 e. The molecule has 34 heavy (non-hydrogen) atoms. The summed E-state index contributed by atoms with van der Waals surface area (Å²) in [6.07, 6.45) is 0. The van der Waals surface area contributed by atoms with E-state index in [0.29, 0.717) is 17.0 Å². The lowest BCUT2D eigenvalue weighted by molar-refractivity contribution is -0.120. The van der Waals surface area contributed by atoms with Crippen LogP contribution in [0.2, 0.25) is 0 Å². The minimum Gasteiger partial charge on any atom is -0.497 e. The average Bonchev–Trinajstić information content (AvgIpc) is 3.10. The summed E-state index contributed by atoms with van der Waals surface area (Å²) in [5.74, 6) is -0.973. The van der Waals surface area contributed by atoms with Crippen LogP contribution in [-0.4, -0.2) is 32.0 Å². The van der Waals surface area contributed by atoms with Gasteiger partial charge in [0.2, 0.25) is 0 Å². The van der Waals surface area contributed by atoms with E-state index in [-0.39, 0.29) is 17.0 Å². The van der Waals surface area contributed by atoms with Crippen molar-refractivity contribution >= 4 is 34.4 Å². The lowest BCUT2D eigenvalue weighted by Gasteiger charge is -2.21. The molecule has 0 saturated heterocycles. The van der Waals surface area contributed by atoms with Gasteiger partial charge in [0, 0.05) is 24.5 Å². The summed E-state index contributed by atoms with van der Waals surface area (Å²) in [4.78, 5) is 30.1. The Bertz CT molecular complexity index is 1230. The minimum atomic E-state index is -0.547. The number of methoxy groups -OCH3 is 1. The average molecular weight is 460 g/mol. The van der Waals surface area contributed by atoms with Crippen LogP contribution in [0, 0.1) is 5.82 Å². The normalized spacial score (nSPS) is 13.5. The second-order valence-corrected chi connectivity index (χ2v) is 7.75. The maximum atomic E-state index is 13.9. The first-order valence-corrected chi connectivity index (χ1v) is 11.1. The number of nitrogens with one attached hydrogen (secondary N) is 1. The summed E-state index contributed by atoms with van der Waals surface area (Å²) < 4.78 is 19.1. The molecule has 1 heterocycles. The topological polar surface area (TPSA) is 61.9 Å². The highest BCUT2D eigenvalue weighted by molar-refractivity contribution is 6.46. The number of benzene rings is 3. The summed E-state index contributed by atoms with van der Waals surface area (Å²) in [5, 5.41) is 3.14. The highest BCUT2D eigenvalue weighted by atomic mass is 19.1. The number of hydrogen-bond acceptors (Lipinski definition) is 5. The van der Waals surface area contributed by atoms with Crippen molar-refractivity contribution in [3.8, 4) is 5.75 Å². The Balaban J connectivity index is 1.75. The van der Waals surface area contributed by atoms with Crippen molar-refractivity contribution in [2.75, 3.05) is 35.3 Å². The van der Waals surface area contributed by atoms with Crippen LogP contribution in [0.15, 0.2) is 78.5 Å². The molecule has 3 aromatic carbocycles. The molecule has 1 N–H and O–H groups in total. The van der Waals surface area contributed by atoms with Gasteiger partial charge in [0.1, 0.15) is 17.3 Å². The second-order valence-electron chi connectivity index (χ2n) is 7.75. The van der Waals surface area contributed by atoms with Crippen molar-refractivity contribution in [2.45, 2.75) is 13.8 Å². The number of imide groups is 1. The first kappa shape index (κ1) is 23.0. The lowest BCUT2D eigenvalue weighted by Crippen LogP contribution is -2.32. The molecule has 174 valence electrons. The third-order valence-corrected chi connectivity index (χ3v) is 5.79. The van der Waals surface area contributed by atoms with E-state index in [1.807, 2.05) is 24.3 Å². The molecule has 6 nitrogen and oxygen atoms in total. The van der Waals surface area contributed by atoms with Crippen LogP contribution >= 0.6 is 0 Å². The molecule has 3 aromatic rings. The van der Waals surface area contributed by atoms with Crippen LogP contribution in [0.4, 0.5) is 21.5 Å². The molecular weight excluding hydrogens is 433 g/mol. The molecule has 4 rings (SSSR count). The van der Waals surface area contributed by atoms with Gasteiger partial charge in [-0.3, -0.25) is 9.59 Å². The van der Waals surface area contributed by atoms with Gasteiger partial charge in [0.05, 0.1) is 18.4 Å². The molecule has 0 radical (unpaired) electrons. The molecule has 0 bridgehead atoms. The fourth-order valence-electron chi connectivity index (χ4n) is 4.01. The smallest absolute Gasteiger partial charge is 0.282 e. The molecule has 1 aliphatic rings. The molecule has 0 aromatic heterocycles. The van der Waals surface area contributed by atoms with Crippen molar-refractivity contribution in [1.29, 1.82) is 0 Å². The standard InChI is InChI=1S/C27H26FN3O3/c1-4-30(5-2)21-13-11-20(12-14-21)29-25-24(18-9-15-23(34-3)16-10-18)26(32)31(27(25)33)22-8-6-7-19(28)17-22/h6-17,29H,4-5H2,1-3H3. The Hall–Kier alpha value is -4.13. The number of amides is 2. The number of rotatable bonds is 8. The van der Waals surface area contributed by atoms with Gasteiger partial charge in [0.25, 0.3) is 11.8 Å². The number of hydrogen-bond donors (Lipinski definition) is 1. The van der Waals surface area contributed by atoms with E-state index < -0.39 is 17.6 Å². The summed E-state index contributed by atoms with van der Waals surface area (Å²) in [6, 6.07) is 20.0. The molecule has 0 aliphatic carbocycles. The first-order valence-electron chi connectivity index (χ1n) is 11.1. The van der Waals surface area contributed by atoms with E-state index >= 15 is 0 Å². The summed E-state index contributed by atoms with van der Waals surface area (Å²) >= 11 is 0. The third kappa shape index (κ3) is 4.37. The maximum absolute atomic E-state index is 13.9. The lowest BCUT2D eigenvalue weighted by atomic mass is 10.0. The number of carbonyl (C=O) groups is 2. The van der Waals surface area contributed by atoms with Gasteiger partial charge in [0.15, 0.2) is 0 Å². The molecule has 0 spiro atoms. The number of ether oxygens (including phenoxy) is 1. The van der Waals surface area contributed by atoms with Gasteiger partial charge in [-0.1, -0.05) is 18.2 Å². The van der Waals surface area contributed by atoms with Gasteiger partial charge in [-0.2, -0.15) is 0 Å². The predicted molar refractivity (Wildman–Crippen MR) is 132 cm³/mol. The minimum absolute atomic E-state index is 0.134. The summed E-state index contributed by atoms with van der Waals surface area (Å²) in [6.45, 7) is 5.94. The first-order chi connectivity index (χ1) is 16.5. The van der Waals surface area contributed by atoms with Gasteiger partial charge in [-0.15, -0.1) is 0 Å². The fraction of sp³-hybridized carbons (Fsp3) is 0.185. The second kappa shape index (κ2) is 9.79. The van der Waals surface area contributed by atoms with Crippen molar-refractivity contribution in [2.24, 2.45) is 0 Å². The number of halogens is 1. The summed E-state index contributed by atoms with van der Waals surface area (Å²) in [7, 11) is 1.55. The highest BCUT2D eigenvalue weighted by Gasteiger charge is 2.40. The van der Waals surface area contributed by atoms with E-state index in [1.54, 1.807) is 31.4 Å². The van der Waals surface area contributed by atoms with Crippen LogP contribution in [0.3, 0.4) is 0 Å². The van der Waals surface area contributed by atoms with Crippen LogP contribution in [0.5, 0.6) is 5.75 Å². The Morgan fingerprint density at radius 1 is 0.912 bits per heavy atom. The zero-order chi connectivity index (χ0) is 24.2. The van der Waals surface area contributed by atoms with Crippen molar-refractivity contribution in [3.05, 3.63) is 89.9 Å². The molecule has 1 aliphatic heterocycles. The zero-order valence-corrected chi connectivity index (χ0v) is 19.3. The van der Waals surface area contributed by atoms with Crippen LogP contribution in [0.25, 0.3) is 5.57 Å². The van der Waals surface area contributed by atoms with Crippen molar-refractivity contribution < 1.29 is 18.7 Å². The van der Waals surface area contributed by atoms with E-state index in [0.717, 1.165) is 23.7 Å². The zero-order valence-electron chi connectivity index (χ0n) is 19.3. The van der Waals surface area contributed by atoms with Crippen molar-refractivity contribution in [3.63, 3.8) is 0 Å². The van der Waals surface area contributed by atoms with E-state index in [9.17, 15) is 14.0 Å². The van der Waals surface area contributed by atoms with Gasteiger partial charge in [-0.25, -0.2) is 9.29 Å². The van der Waals surface area contributed by atoms with E-state index in [2.05, 4.69) is 24.1 Å². The Morgan fingerprint density at radius 3 is 2.18 bits per heavy atom. The molecule has 0 saturated carbocycles. The molecular formula is C27H26FN3O3. The molecule has 0 unspecified atom stereocenters. The predicted octanol–water partition coefficient (Wildman–Crippen LogP) is 5.08. The molecule has 2 amide bonds. The Labute approximate surface area is 198 Å². The summed E-state index contributed by atoms with van der Waals surface area (Å²) in [5.41, 5.74) is 2.81. The highest BCUT2D eigenvalue weighted by Crippen LogP contribution is 2.34. The number of carbonyl (C=O) groups excluding carboxylic acids is 2. The third-order valence-electron chi connectivity index (χ3n) is 5.79. The molecule has 0 atom stereocenters. The van der Waals surface area contributed by atoms with Crippen LogP contribution in [0.1, 0.15) is 19.4 Å². The maximum Gasteiger partial charge on any atom is 0.282 e. The molecule has 7 heteroatoms. The Morgan fingerprint density at radius 2 is 1.59 bits per heavy atom. The Kier molecular flexibility index (Phi) is 6.63. The van der Waals surface area contributed by atoms with Crippen molar-refractivity contribution in [1.82, 2.24) is 0 Å². The van der Waals surface area contributed by atoms with Crippen LogP contribution in [-0.2, 0) is 9.59 Å².